The molecular formula is C20H35ClO5. The summed E-state index contributed by atoms with van der Waals surface area (Å²) in [7, 11) is 0. The van der Waals surface area contributed by atoms with Gasteiger partial charge in [-0.25, -0.2) is 0 Å². The number of aliphatic carboxylic acids is 1. The third-order valence-corrected chi connectivity index (χ3v) is 5.81. The molecule has 6 heteroatoms. The Morgan fingerprint density at radius 3 is 2.54 bits per heavy atom. The third-order valence-electron chi connectivity index (χ3n) is 5.30. The molecule has 0 saturated heterocycles. The first-order valence-corrected chi connectivity index (χ1v) is 10.3. The maximum absolute atomic E-state index is 10.5. The van der Waals surface area contributed by atoms with Gasteiger partial charge in [-0.15, -0.1) is 11.6 Å². The second-order valence-electron chi connectivity index (χ2n) is 7.65. The molecule has 0 unspecified atom stereocenters. The Kier molecular flexibility index (Phi) is 11.4. The number of unbranched alkanes of at least 4 members (excludes halogenated alkanes) is 1. The maximum Gasteiger partial charge on any atom is 0.303 e. The molecule has 0 aromatic heterocycles. The number of hydrogen-bond acceptors (Lipinski definition) is 4. The van der Waals surface area contributed by atoms with E-state index in [-0.39, 0.29) is 29.7 Å². The highest BCUT2D eigenvalue weighted by Gasteiger charge is 2.40. The van der Waals surface area contributed by atoms with Crippen molar-refractivity contribution < 1.29 is 25.2 Å². The Balaban J connectivity index is 2.36. The predicted octanol–water partition coefficient (Wildman–Crippen LogP) is 3.48. The van der Waals surface area contributed by atoms with E-state index < -0.39 is 18.2 Å². The first-order chi connectivity index (χ1) is 12.3. The molecule has 0 amide bonds. The number of rotatable bonds is 13. The molecule has 0 aliphatic heterocycles. The molecule has 0 heterocycles. The monoisotopic (exact) mass is 390 g/mol. The molecule has 0 spiro atoms. The van der Waals surface area contributed by atoms with Gasteiger partial charge in [0.1, 0.15) is 0 Å². The number of carboxylic acids is 1. The lowest BCUT2D eigenvalue weighted by Gasteiger charge is -2.23. The lowest BCUT2D eigenvalue weighted by Crippen LogP contribution is -2.22. The number of carboxylic acid groups (broad SMARTS) is 1. The molecule has 26 heavy (non-hydrogen) atoms. The summed E-state index contributed by atoms with van der Waals surface area (Å²) in [5.74, 6) is -0.496. The number of carbonyl (C=O) groups is 1. The van der Waals surface area contributed by atoms with Crippen LogP contribution < -0.4 is 0 Å². The van der Waals surface area contributed by atoms with Gasteiger partial charge in [-0.1, -0.05) is 12.2 Å². The molecule has 1 fully saturated rings. The minimum Gasteiger partial charge on any atom is -0.481 e. The van der Waals surface area contributed by atoms with Crippen LogP contribution in [0.3, 0.4) is 0 Å². The minimum atomic E-state index is -0.773. The van der Waals surface area contributed by atoms with Crippen LogP contribution in [0.2, 0.25) is 0 Å². The predicted molar refractivity (Wildman–Crippen MR) is 103 cm³/mol. The molecule has 4 N–H and O–H groups in total. The molecule has 1 rings (SSSR count). The fourth-order valence-electron chi connectivity index (χ4n) is 3.78. The Bertz CT molecular complexity index is 426. The van der Waals surface area contributed by atoms with Gasteiger partial charge in [0.05, 0.1) is 18.3 Å². The second kappa shape index (κ2) is 12.7. The zero-order valence-corrected chi connectivity index (χ0v) is 16.5. The lowest BCUT2D eigenvalue weighted by atomic mass is 9.86. The molecule has 0 bridgehead atoms. The first kappa shape index (κ1) is 23.4. The summed E-state index contributed by atoms with van der Waals surface area (Å²) in [6, 6.07) is 0. The molecular weight excluding hydrogens is 356 g/mol. The van der Waals surface area contributed by atoms with Crippen LogP contribution in [-0.4, -0.2) is 50.1 Å². The molecule has 0 aromatic carbocycles. The zero-order chi connectivity index (χ0) is 19.5. The molecule has 0 radical (unpaired) electrons. The van der Waals surface area contributed by atoms with E-state index in [9.17, 15) is 20.1 Å². The van der Waals surface area contributed by atoms with Crippen molar-refractivity contribution in [3.8, 4) is 0 Å². The summed E-state index contributed by atoms with van der Waals surface area (Å²) >= 11 is 6.42. The van der Waals surface area contributed by atoms with E-state index in [1.165, 1.54) is 0 Å². The Hall–Kier alpha value is -0.620. The Morgan fingerprint density at radius 2 is 1.88 bits per heavy atom. The highest BCUT2D eigenvalue weighted by atomic mass is 35.5. The molecule has 152 valence electrons. The van der Waals surface area contributed by atoms with Gasteiger partial charge in [0, 0.05) is 11.8 Å². The van der Waals surface area contributed by atoms with Crippen LogP contribution in [-0.2, 0) is 4.79 Å². The van der Waals surface area contributed by atoms with E-state index in [0.717, 1.165) is 25.7 Å². The third kappa shape index (κ3) is 9.36. The van der Waals surface area contributed by atoms with Gasteiger partial charge in [-0.3, -0.25) is 4.79 Å². The number of aliphatic hydroxyl groups is 3. The van der Waals surface area contributed by atoms with E-state index in [0.29, 0.717) is 32.1 Å². The minimum absolute atomic E-state index is 0.0638. The highest BCUT2D eigenvalue weighted by molar-refractivity contribution is 6.21. The first-order valence-electron chi connectivity index (χ1n) is 9.86. The van der Waals surface area contributed by atoms with Crippen molar-refractivity contribution in [2.75, 3.05) is 0 Å². The topological polar surface area (TPSA) is 98.0 Å². The van der Waals surface area contributed by atoms with E-state index in [1.54, 1.807) is 6.92 Å². The molecule has 1 saturated carbocycles. The van der Waals surface area contributed by atoms with Crippen molar-refractivity contribution in [2.45, 2.75) is 94.8 Å². The zero-order valence-electron chi connectivity index (χ0n) is 15.8. The molecule has 1 aliphatic rings. The summed E-state index contributed by atoms with van der Waals surface area (Å²) in [5, 5.41) is 38.3. The summed E-state index contributed by atoms with van der Waals surface area (Å²) in [6.07, 6.45) is 9.36. The number of alkyl halides is 1. The van der Waals surface area contributed by atoms with Gasteiger partial charge >= 0.3 is 5.97 Å². The van der Waals surface area contributed by atoms with Crippen molar-refractivity contribution in [1.82, 2.24) is 0 Å². The number of aliphatic hydroxyl groups excluding tert-OH is 3. The van der Waals surface area contributed by atoms with Crippen LogP contribution in [0, 0.1) is 11.8 Å². The fourth-order valence-corrected chi connectivity index (χ4v) is 4.26. The van der Waals surface area contributed by atoms with E-state index in [4.69, 9.17) is 16.7 Å². The van der Waals surface area contributed by atoms with E-state index in [2.05, 4.69) is 0 Å². The molecule has 6 atom stereocenters. The van der Waals surface area contributed by atoms with Gasteiger partial charge in [0.25, 0.3) is 0 Å². The van der Waals surface area contributed by atoms with Crippen LogP contribution in [0.1, 0.15) is 71.1 Å². The van der Waals surface area contributed by atoms with Crippen molar-refractivity contribution in [1.29, 1.82) is 0 Å². The SMILES string of the molecule is C[C@@H](O)CCC[C@H](O)CC[C@@H]1[C@@H](C/C=C\CCCC(=O)O)[C@H](Cl)C[C@H]1O. The van der Waals surface area contributed by atoms with E-state index >= 15 is 0 Å². The second-order valence-corrected chi connectivity index (χ2v) is 8.21. The number of halogens is 1. The average molecular weight is 391 g/mol. The van der Waals surface area contributed by atoms with Gasteiger partial charge in [0.2, 0.25) is 0 Å². The lowest BCUT2D eigenvalue weighted by molar-refractivity contribution is -0.137. The smallest absolute Gasteiger partial charge is 0.303 e. The van der Waals surface area contributed by atoms with Crippen LogP contribution in [0.25, 0.3) is 0 Å². The highest BCUT2D eigenvalue weighted by Crippen LogP contribution is 2.41. The average Bonchev–Trinajstić information content (AvgIpc) is 2.81. The summed E-state index contributed by atoms with van der Waals surface area (Å²) in [4.78, 5) is 10.5. The van der Waals surface area contributed by atoms with Crippen LogP contribution >= 0.6 is 11.6 Å². The molecule has 5 nitrogen and oxygen atoms in total. The Labute approximate surface area is 162 Å². The standard InChI is InChI=1S/C20H35ClO5/c1-14(22)7-6-8-15(23)11-12-17-16(18(21)13-19(17)24)9-4-2-3-5-10-20(25)26/h2,4,14-19,22-24H,3,5-13H2,1H3,(H,25,26)/b4-2-/t14-,15+,16-,17-,18-,19-/m1/s1. The van der Waals surface area contributed by atoms with Crippen molar-refractivity contribution in [3.05, 3.63) is 12.2 Å². The molecule has 1 aliphatic carbocycles. The van der Waals surface area contributed by atoms with Crippen LogP contribution in [0.5, 0.6) is 0 Å². The number of allylic oxidation sites excluding steroid dienone is 2. The van der Waals surface area contributed by atoms with Gasteiger partial charge in [0.15, 0.2) is 0 Å². The fraction of sp³-hybridized carbons (Fsp3) is 0.850. The van der Waals surface area contributed by atoms with Crippen LogP contribution in [0.15, 0.2) is 12.2 Å². The molecule has 0 aromatic rings. The van der Waals surface area contributed by atoms with Crippen molar-refractivity contribution in [2.24, 2.45) is 11.8 Å². The maximum atomic E-state index is 10.5. The summed E-state index contributed by atoms with van der Waals surface area (Å²) in [6.45, 7) is 1.75. The summed E-state index contributed by atoms with van der Waals surface area (Å²) < 4.78 is 0. The van der Waals surface area contributed by atoms with Crippen molar-refractivity contribution in [3.63, 3.8) is 0 Å². The van der Waals surface area contributed by atoms with E-state index in [1.807, 2.05) is 12.2 Å². The van der Waals surface area contributed by atoms with Gasteiger partial charge in [-0.05, 0) is 76.5 Å². The van der Waals surface area contributed by atoms with Crippen LogP contribution in [0.4, 0.5) is 0 Å². The Morgan fingerprint density at radius 1 is 1.15 bits per heavy atom. The quantitative estimate of drug-likeness (QED) is 0.219. The number of hydrogen-bond donors (Lipinski definition) is 4. The summed E-state index contributed by atoms with van der Waals surface area (Å²) in [5.41, 5.74) is 0. The van der Waals surface area contributed by atoms with Gasteiger partial charge in [-0.2, -0.15) is 0 Å². The largest absolute Gasteiger partial charge is 0.481 e. The normalized spacial score (nSPS) is 28.5. The van der Waals surface area contributed by atoms with Crippen molar-refractivity contribution >= 4 is 17.6 Å². The van der Waals surface area contributed by atoms with Gasteiger partial charge < -0.3 is 20.4 Å².